The molecule has 0 bridgehead atoms. The first-order chi connectivity index (χ1) is 12.1. The summed E-state index contributed by atoms with van der Waals surface area (Å²) in [6.07, 6.45) is 2.63. The molecule has 0 radical (unpaired) electrons. The van der Waals surface area contributed by atoms with Gasteiger partial charge in [-0.2, -0.15) is 0 Å². The number of carboxylic acid groups (broad SMARTS) is 1. The number of aromatic nitrogens is 1. The quantitative estimate of drug-likeness (QED) is 0.771. The number of hydrogen-bond donors (Lipinski definition) is 2. The molecule has 6 nitrogen and oxygen atoms in total. The van der Waals surface area contributed by atoms with Gasteiger partial charge < -0.3 is 19.7 Å². The lowest BCUT2D eigenvalue weighted by atomic mass is 10.1. The van der Waals surface area contributed by atoms with E-state index in [9.17, 15) is 19.1 Å². The maximum atomic E-state index is 13.7. The Hall–Kier alpha value is -2.83. The van der Waals surface area contributed by atoms with Crippen LogP contribution in [0, 0.1) is 5.82 Å². The monoisotopic (exact) mass is 362 g/mol. The van der Waals surface area contributed by atoms with Crippen molar-refractivity contribution in [1.29, 1.82) is 0 Å². The number of amides is 1. The third-order valence-electron chi connectivity index (χ3n) is 3.66. The van der Waals surface area contributed by atoms with Crippen LogP contribution in [0.1, 0.15) is 26.3 Å². The first-order valence-corrected chi connectivity index (χ1v) is 8.21. The molecule has 1 aromatic heterocycles. The summed E-state index contributed by atoms with van der Waals surface area (Å²) in [6.45, 7) is 9.25. The third-order valence-corrected chi connectivity index (χ3v) is 3.66. The molecule has 7 heteroatoms. The van der Waals surface area contributed by atoms with Crippen LogP contribution in [0.15, 0.2) is 37.1 Å². The van der Waals surface area contributed by atoms with Gasteiger partial charge in [-0.05, 0) is 44.5 Å². The second-order valence-corrected chi connectivity index (χ2v) is 7.00. The van der Waals surface area contributed by atoms with E-state index in [1.807, 2.05) is 4.57 Å². The molecule has 2 N–H and O–H groups in total. The molecule has 0 unspecified atom stereocenters. The third kappa shape index (κ3) is 4.84. The summed E-state index contributed by atoms with van der Waals surface area (Å²) in [7, 11) is 0. The smallest absolute Gasteiger partial charge is 0.408 e. The number of carboxylic acids is 1. The molecule has 2 aromatic rings. The minimum Gasteiger partial charge on any atom is -0.480 e. The van der Waals surface area contributed by atoms with Gasteiger partial charge in [0.05, 0.1) is 0 Å². The average molecular weight is 362 g/mol. The van der Waals surface area contributed by atoms with Crippen LogP contribution in [0.3, 0.4) is 0 Å². The number of aliphatic carboxylic acids is 1. The molecule has 140 valence electrons. The van der Waals surface area contributed by atoms with Crippen molar-refractivity contribution < 1.29 is 23.8 Å². The number of alkyl carbamates (subject to hydrolysis) is 1. The van der Waals surface area contributed by atoms with Crippen LogP contribution in [0.25, 0.3) is 10.9 Å². The Morgan fingerprint density at radius 2 is 2.12 bits per heavy atom. The van der Waals surface area contributed by atoms with Crippen LogP contribution in [0.5, 0.6) is 0 Å². The zero-order valence-electron chi connectivity index (χ0n) is 15.1. The second kappa shape index (κ2) is 7.59. The lowest BCUT2D eigenvalue weighted by molar-refractivity contribution is -0.139. The van der Waals surface area contributed by atoms with Gasteiger partial charge in [0, 0.05) is 30.1 Å². The molecule has 0 spiro atoms. The zero-order valence-corrected chi connectivity index (χ0v) is 15.1. The molecule has 1 atom stereocenters. The largest absolute Gasteiger partial charge is 0.480 e. The minimum atomic E-state index is -1.20. The normalized spacial score (nSPS) is 12.6. The van der Waals surface area contributed by atoms with Crippen LogP contribution in [-0.4, -0.2) is 33.4 Å². The predicted molar refractivity (Wildman–Crippen MR) is 96.6 cm³/mol. The van der Waals surface area contributed by atoms with Crippen LogP contribution in [-0.2, 0) is 22.5 Å². The Labute approximate surface area is 151 Å². The van der Waals surface area contributed by atoms with Gasteiger partial charge in [0.25, 0.3) is 0 Å². The highest BCUT2D eigenvalue weighted by Gasteiger charge is 2.25. The van der Waals surface area contributed by atoms with E-state index >= 15 is 0 Å². The lowest BCUT2D eigenvalue weighted by Gasteiger charge is -2.22. The van der Waals surface area contributed by atoms with E-state index in [0.29, 0.717) is 17.5 Å². The van der Waals surface area contributed by atoms with Crippen LogP contribution in [0.2, 0.25) is 0 Å². The summed E-state index contributed by atoms with van der Waals surface area (Å²) >= 11 is 0. The zero-order chi connectivity index (χ0) is 19.5. The van der Waals surface area contributed by atoms with Crippen LogP contribution >= 0.6 is 0 Å². The fourth-order valence-electron chi connectivity index (χ4n) is 2.67. The van der Waals surface area contributed by atoms with Crippen molar-refractivity contribution in [3.63, 3.8) is 0 Å². The summed E-state index contributed by atoms with van der Waals surface area (Å²) in [5, 5.41) is 12.4. The first-order valence-electron chi connectivity index (χ1n) is 8.21. The Balaban J connectivity index is 2.31. The molecule has 0 aliphatic carbocycles. The number of nitrogens with zero attached hydrogens (tertiary/aromatic N) is 1. The van der Waals surface area contributed by atoms with Gasteiger partial charge in [0.2, 0.25) is 0 Å². The fourth-order valence-corrected chi connectivity index (χ4v) is 2.67. The highest BCUT2D eigenvalue weighted by atomic mass is 19.1. The number of nitrogens with one attached hydrogen (secondary N) is 1. The van der Waals surface area contributed by atoms with Crippen molar-refractivity contribution in [2.45, 2.75) is 45.4 Å². The van der Waals surface area contributed by atoms with Gasteiger partial charge in [0.1, 0.15) is 17.5 Å². The molecule has 26 heavy (non-hydrogen) atoms. The molecule has 0 aliphatic heterocycles. The molecule has 0 saturated heterocycles. The van der Waals surface area contributed by atoms with Gasteiger partial charge >= 0.3 is 12.1 Å². The van der Waals surface area contributed by atoms with Crippen molar-refractivity contribution in [3.05, 3.63) is 48.4 Å². The van der Waals surface area contributed by atoms with Gasteiger partial charge in [-0.25, -0.2) is 14.0 Å². The van der Waals surface area contributed by atoms with Gasteiger partial charge in [-0.15, -0.1) is 6.58 Å². The Bertz CT molecular complexity index is 836. The van der Waals surface area contributed by atoms with Crippen molar-refractivity contribution in [1.82, 2.24) is 9.88 Å². The summed E-state index contributed by atoms with van der Waals surface area (Å²) in [5.74, 6) is -1.61. The Morgan fingerprint density at radius 1 is 1.42 bits per heavy atom. The highest BCUT2D eigenvalue weighted by Crippen LogP contribution is 2.24. The molecule has 1 amide bonds. The summed E-state index contributed by atoms with van der Waals surface area (Å²) in [5.41, 5.74) is 0.642. The topological polar surface area (TPSA) is 80.6 Å². The molecule has 1 heterocycles. The van der Waals surface area contributed by atoms with E-state index in [1.54, 1.807) is 39.1 Å². The van der Waals surface area contributed by atoms with Crippen LogP contribution in [0.4, 0.5) is 9.18 Å². The number of rotatable bonds is 6. The number of allylic oxidation sites excluding steroid dienone is 1. The second-order valence-electron chi connectivity index (χ2n) is 7.00. The minimum absolute atomic E-state index is 0.00132. The summed E-state index contributed by atoms with van der Waals surface area (Å²) < 4.78 is 20.6. The SMILES string of the molecule is C=CCn1cc(C[C@H](NC(=O)OC(C)(C)C)C(=O)O)c2cc(F)ccc21. The highest BCUT2D eigenvalue weighted by molar-refractivity contribution is 5.86. The molecule has 1 aromatic carbocycles. The van der Waals surface area contributed by atoms with Crippen LogP contribution < -0.4 is 5.32 Å². The number of hydrogen-bond acceptors (Lipinski definition) is 3. The number of halogens is 1. The van der Waals surface area contributed by atoms with E-state index in [2.05, 4.69) is 11.9 Å². The summed E-state index contributed by atoms with van der Waals surface area (Å²) in [4.78, 5) is 23.5. The maximum absolute atomic E-state index is 13.7. The molecule has 0 fully saturated rings. The molecular formula is C19H23FN2O4. The number of ether oxygens (including phenoxy) is 1. The van der Waals surface area contributed by atoms with Crippen molar-refractivity contribution in [2.75, 3.05) is 0 Å². The first kappa shape index (κ1) is 19.5. The van der Waals surface area contributed by atoms with E-state index in [0.717, 1.165) is 5.52 Å². The predicted octanol–water partition coefficient (Wildman–Crippen LogP) is 3.49. The number of carbonyl (C=O) groups excluding carboxylic acids is 1. The maximum Gasteiger partial charge on any atom is 0.408 e. The molecular weight excluding hydrogens is 339 g/mol. The lowest BCUT2D eigenvalue weighted by Crippen LogP contribution is -2.44. The molecule has 2 rings (SSSR count). The van der Waals surface area contributed by atoms with E-state index in [1.165, 1.54) is 12.1 Å². The average Bonchev–Trinajstić information content (AvgIpc) is 2.82. The van der Waals surface area contributed by atoms with Gasteiger partial charge in [0.15, 0.2) is 0 Å². The number of benzene rings is 1. The van der Waals surface area contributed by atoms with E-state index in [4.69, 9.17) is 4.74 Å². The van der Waals surface area contributed by atoms with Gasteiger partial charge in [-0.1, -0.05) is 6.08 Å². The van der Waals surface area contributed by atoms with E-state index < -0.39 is 29.5 Å². The van der Waals surface area contributed by atoms with Crippen molar-refractivity contribution in [3.8, 4) is 0 Å². The van der Waals surface area contributed by atoms with Gasteiger partial charge in [-0.3, -0.25) is 0 Å². The number of fused-ring (bicyclic) bond motifs is 1. The van der Waals surface area contributed by atoms with Crippen molar-refractivity contribution in [2.24, 2.45) is 0 Å². The fraction of sp³-hybridized carbons (Fsp3) is 0.368. The van der Waals surface area contributed by atoms with Crippen molar-refractivity contribution >= 4 is 23.0 Å². The standard InChI is InChI=1S/C19H23FN2O4/c1-5-8-22-11-12(14-10-13(20)6-7-16(14)22)9-15(17(23)24)21-18(25)26-19(2,3)4/h5-7,10-11,15H,1,8-9H2,2-4H3,(H,21,25)(H,23,24)/t15-/m0/s1. The van der Waals surface area contributed by atoms with E-state index in [-0.39, 0.29) is 6.42 Å². The Kier molecular flexibility index (Phi) is 5.69. The molecule has 0 saturated carbocycles. The number of carbonyl (C=O) groups is 2. The summed E-state index contributed by atoms with van der Waals surface area (Å²) in [6, 6.07) is 3.14. The molecule has 0 aliphatic rings. The Morgan fingerprint density at radius 3 is 2.69 bits per heavy atom.